The van der Waals surface area contributed by atoms with Crippen LogP contribution in [0.3, 0.4) is 0 Å². The van der Waals surface area contributed by atoms with Crippen LogP contribution in [-0.4, -0.2) is 68.9 Å². The van der Waals surface area contributed by atoms with Crippen molar-refractivity contribution in [1.82, 2.24) is 21.3 Å². The summed E-state index contributed by atoms with van der Waals surface area (Å²) in [4.78, 5) is 102. The molecular formula is C78H136N4O8S2. The maximum atomic E-state index is 13.3. The first-order chi connectivity index (χ1) is 39.4. The lowest BCUT2D eigenvalue weighted by Gasteiger charge is -2.33. The lowest BCUT2D eigenvalue weighted by atomic mass is 9.74. The van der Waals surface area contributed by atoms with E-state index in [0.717, 1.165) is 38.5 Å². The van der Waals surface area contributed by atoms with E-state index in [-0.39, 0.29) is 125 Å². The van der Waals surface area contributed by atoms with Crippen LogP contribution < -0.4 is 21.3 Å². The lowest BCUT2D eigenvalue weighted by Crippen LogP contribution is -2.53. The van der Waals surface area contributed by atoms with Crippen LogP contribution in [0.2, 0.25) is 0 Å². The maximum absolute atomic E-state index is 13.3. The summed E-state index contributed by atoms with van der Waals surface area (Å²) >= 11 is 0. The van der Waals surface area contributed by atoms with E-state index in [2.05, 4.69) is 134 Å². The molecule has 4 fully saturated rings. The molecule has 4 N–H and O–H groups in total. The Kier molecular flexibility index (Phi) is 29.1. The first kappa shape index (κ1) is 90.0. The van der Waals surface area contributed by atoms with Crippen LogP contribution in [0.25, 0.3) is 0 Å². The van der Waals surface area contributed by atoms with Gasteiger partial charge >= 0.3 is 0 Å². The quantitative estimate of drug-likeness (QED) is 0.139. The molecule has 9 atom stereocenters. The smallest absolute Gasteiger partial charge is 0.226 e. The molecule has 0 bridgehead atoms. The zero-order valence-electron chi connectivity index (χ0n) is 65.2. The summed E-state index contributed by atoms with van der Waals surface area (Å²) in [5.74, 6) is 14.4. The minimum atomic E-state index is -0.866. The van der Waals surface area contributed by atoms with Gasteiger partial charge < -0.3 is 21.3 Å². The molecular weight excluding hydrogens is 1190 g/mol. The maximum Gasteiger partial charge on any atom is 0.226 e. The molecule has 0 aromatic heterocycles. The van der Waals surface area contributed by atoms with Crippen LogP contribution in [0.5, 0.6) is 0 Å². The van der Waals surface area contributed by atoms with E-state index in [4.69, 9.17) is 6.42 Å². The number of hydrogen-bond acceptors (Lipinski definition) is 8. The topological polar surface area (TPSA) is 185 Å². The second-order valence-corrected chi connectivity index (χ2v) is 40.3. The molecule has 0 aromatic carbocycles. The second kappa shape index (κ2) is 29.7. The Bertz CT molecular complexity index is 2640. The highest BCUT2D eigenvalue weighted by Gasteiger charge is 2.68. The third-order valence-corrected chi connectivity index (χ3v) is 17.1. The number of nitrogens with one attached hydrogen (secondary N) is 4. The van der Waals surface area contributed by atoms with Crippen molar-refractivity contribution in [2.45, 2.75) is 316 Å². The van der Waals surface area contributed by atoms with Crippen molar-refractivity contribution in [3.05, 3.63) is 0 Å². The van der Waals surface area contributed by atoms with Crippen molar-refractivity contribution in [3.8, 4) is 36.0 Å². The molecule has 14 heteroatoms. The average Bonchev–Trinajstić information content (AvgIpc) is 1.59. The summed E-state index contributed by atoms with van der Waals surface area (Å²) in [5.41, 5.74) is -6.31. The molecule has 12 nitrogen and oxygen atoms in total. The first-order valence-corrected chi connectivity index (χ1v) is 33.3. The predicted molar refractivity (Wildman–Crippen MR) is 392 cm³/mol. The normalized spacial score (nSPS) is 24.8. The van der Waals surface area contributed by atoms with Gasteiger partial charge in [0.05, 0.1) is 0 Å². The van der Waals surface area contributed by atoms with Gasteiger partial charge in [0.25, 0.3) is 0 Å². The van der Waals surface area contributed by atoms with Gasteiger partial charge in [-0.15, -0.1) is 6.42 Å². The van der Waals surface area contributed by atoms with Crippen LogP contribution in [0, 0.1) is 131 Å². The molecule has 4 aliphatic carbocycles. The van der Waals surface area contributed by atoms with Gasteiger partial charge in [-0.1, -0.05) is 255 Å². The van der Waals surface area contributed by atoms with E-state index in [0.29, 0.717) is 6.42 Å². The van der Waals surface area contributed by atoms with Gasteiger partial charge in [0.15, 0.2) is 23.1 Å². The van der Waals surface area contributed by atoms with Gasteiger partial charge in [0, 0.05) is 55.2 Å². The summed E-state index contributed by atoms with van der Waals surface area (Å²) in [7, 11) is 0. The largest absolute Gasteiger partial charge is 0.343 e. The van der Waals surface area contributed by atoms with E-state index >= 15 is 0 Å². The molecule has 0 aromatic rings. The van der Waals surface area contributed by atoms with Crippen LogP contribution in [0.4, 0.5) is 0 Å². The van der Waals surface area contributed by atoms with Crippen molar-refractivity contribution in [2.75, 3.05) is 0 Å². The monoisotopic (exact) mass is 1320 g/mol. The summed E-state index contributed by atoms with van der Waals surface area (Å²) in [6.07, 6.45) is 11.0. The summed E-state index contributed by atoms with van der Waals surface area (Å²) < 4.78 is 0. The van der Waals surface area contributed by atoms with E-state index in [1.807, 2.05) is 166 Å². The third-order valence-electron chi connectivity index (χ3n) is 17.1. The van der Waals surface area contributed by atoms with Gasteiger partial charge in [-0.2, -0.15) is 27.0 Å². The zero-order valence-corrected chi connectivity index (χ0v) is 67.2. The van der Waals surface area contributed by atoms with E-state index in [1.165, 1.54) is 0 Å². The fourth-order valence-corrected chi connectivity index (χ4v) is 11.9. The number of terminal acetylenes is 1. The fraction of sp³-hybridized carbons (Fsp3) is 0.821. The average molecular weight is 1320 g/mol. The Morgan fingerprint density at radius 2 is 0.554 bits per heavy atom. The second-order valence-electron chi connectivity index (χ2n) is 40.3. The molecule has 0 heterocycles. The summed E-state index contributed by atoms with van der Waals surface area (Å²) in [5, 5.41) is 12.4. The van der Waals surface area contributed by atoms with Crippen molar-refractivity contribution >= 4 is 73.8 Å². The van der Waals surface area contributed by atoms with E-state index in [9.17, 15) is 38.4 Å². The van der Waals surface area contributed by atoms with Crippen molar-refractivity contribution < 1.29 is 38.4 Å². The Morgan fingerprint density at radius 1 is 0.337 bits per heavy atom. The van der Waals surface area contributed by atoms with Crippen LogP contribution >= 0.6 is 27.0 Å². The highest BCUT2D eigenvalue weighted by molar-refractivity contribution is 7.59. The Labute approximate surface area is 577 Å². The molecule has 92 heavy (non-hydrogen) atoms. The number of amides is 4. The molecule has 0 radical (unpaired) electrons. The number of ketones is 4. The van der Waals surface area contributed by atoms with Crippen molar-refractivity contribution in [1.29, 1.82) is 0 Å². The minimum absolute atomic E-state index is 0. The fourth-order valence-electron chi connectivity index (χ4n) is 11.9. The highest BCUT2D eigenvalue weighted by atomic mass is 32.1. The van der Waals surface area contributed by atoms with Crippen molar-refractivity contribution in [2.24, 2.45) is 94.6 Å². The number of carbonyl (C=O) groups is 8. The highest BCUT2D eigenvalue weighted by Crippen LogP contribution is 2.58. The van der Waals surface area contributed by atoms with Gasteiger partial charge in [0.1, 0.15) is 22.2 Å². The lowest BCUT2D eigenvalue weighted by molar-refractivity contribution is -0.137. The SMILES string of the molecule is C#CC#CC#CC(C1C[C@@]1(NC(=O)C(C)(C)C)C(=O)C(C)(C)C)C(C)(C)C.CC(C)(C)C[C@@H]1C[C@]1(NC(=O)C(C)(C)C)C(=O)C(C)(C)C.CC(C)(C)C[C@H]1C[C@@]1(NC(=O)C(C)(C)C)C(=O)C(C)(C)C.CC(C)(C)C[C@H]1C[C@]1(NC(=O)C(C)(C)C)C(=O)C(C)(C)C.S.S. The number of Topliss-reactive ketones (excluding diaryl/α,β-unsaturated/α-hetero) is 4. The number of rotatable bonds is 12. The molecule has 4 saturated carbocycles. The zero-order chi connectivity index (χ0) is 71.8. The molecule has 0 spiro atoms. The summed E-state index contributed by atoms with van der Waals surface area (Å²) in [6, 6.07) is 0. The molecule has 4 amide bonds. The van der Waals surface area contributed by atoms with Crippen LogP contribution in [0.15, 0.2) is 0 Å². The molecule has 0 aliphatic heterocycles. The summed E-state index contributed by atoms with van der Waals surface area (Å²) in [6.45, 7) is 71.6. The van der Waals surface area contributed by atoms with Gasteiger partial charge in [0.2, 0.25) is 23.6 Å². The minimum Gasteiger partial charge on any atom is -0.343 e. The van der Waals surface area contributed by atoms with Crippen LogP contribution in [-0.2, 0) is 38.4 Å². The Hall–Kier alpha value is -4.06. The van der Waals surface area contributed by atoms with E-state index < -0.39 is 65.5 Å². The third kappa shape index (κ3) is 25.8. The van der Waals surface area contributed by atoms with Gasteiger partial charge in [-0.25, -0.2) is 0 Å². The predicted octanol–water partition coefficient (Wildman–Crippen LogP) is 15.9. The molecule has 0 saturated heterocycles. The Morgan fingerprint density at radius 3 is 0.739 bits per heavy atom. The number of hydrogen-bond donors (Lipinski definition) is 4. The van der Waals surface area contributed by atoms with Crippen molar-refractivity contribution in [3.63, 3.8) is 0 Å². The molecule has 2 unspecified atom stereocenters. The van der Waals surface area contributed by atoms with Crippen LogP contribution in [0.1, 0.15) is 294 Å². The van der Waals surface area contributed by atoms with E-state index in [1.54, 1.807) is 0 Å². The Balaban J connectivity index is 0. The van der Waals surface area contributed by atoms with Gasteiger partial charge in [-0.3, -0.25) is 38.4 Å². The van der Waals surface area contributed by atoms with Gasteiger partial charge in [-0.05, 0) is 108 Å². The molecule has 4 aliphatic rings. The first-order valence-electron chi connectivity index (χ1n) is 33.3. The number of carbonyl (C=O) groups excluding carboxylic acids is 8. The standard InChI is InChI=1S/C24H33NO2.3C18H33NO2.2H2S/c1-11-12-13-14-15-17(21(2,3)4)18-16-24(18,19(26)22(5,6)7)25-20(27)23(8,9)10;3*1-15(2,3)10-12-11-18(12,13(20)16(4,5)6)19-14(21)17(7,8)9;;/h1,17-18H,16H2,2-10H3,(H,25,27);3*12H,10-11H2,1-9H3,(H,19,21);2*1H2/t17?,18?,24-;12-,18+;2*12-,18-;;/m0010../s1. The molecule has 528 valence electrons. The molecule has 4 rings (SSSR count).